The van der Waals surface area contributed by atoms with Crippen LogP contribution in [0, 0.1) is 0 Å². The Balaban J connectivity index is 2.32. The number of hydrogen-bond donors (Lipinski definition) is 2. The van der Waals surface area contributed by atoms with E-state index in [9.17, 15) is 5.11 Å². The van der Waals surface area contributed by atoms with E-state index < -0.39 is 6.10 Å². The largest absolute Gasteiger partial charge is 0.387 e. The molecule has 0 aliphatic heterocycles. The number of nitrogens with one attached hydrogen (secondary N) is 1. The van der Waals surface area contributed by atoms with Gasteiger partial charge in [0.25, 0.3) is 0 Å². The van der Waals surface area contributed by atoms with Crippen LogP contribution < -0.4 is 5.32 Å². The van der Waals surface area contributed by atoms with Crippen molar-refractivity contribution in [1.82, 2.24) is 5.32 Å². The normalized spacial score (nSPS) is 15.0. The van der Waals surface area contributed by atoms with E-state index in [4.69, 9.17) is 0 Å². The summed E-state index contributed by atoms with van der Waals surface area (Å²) in [4.78, 5) is 0. The lowest BCUT2D eigenvalue weighted by Crippen LogP contribution is -2.40. The second kappa shape index (κ2) is 13.2. The molecule has 2 N–H and O–H groups in total. The van der Waals surface area contributed by atoms with Crippen molar-refractivity contribution in [3.63, 3.8) is 0 Å². The molecule has 2 heteroatoms. The van der Waals surface area contributed by atoms with Crippen LogP contribution in [0.15, 0.2) is 43.0 Å². The molecule has 136 valence electrons. The Hall–Kier alpha value is -1.12. The zero-order chi connectivity index (χ0) is 17.6. The average molecular weight is 332 g/mol. The number of benzene rings is 1. The quantitative estimate of drug-likeness (QED) is 0.334. The predicted molar refractivity (Wildman–Crippen MR) is 105 cm³/mol. The van der Waals surface area contributed by atoms with Gasteiger partial charge in [-0.1, -0.05) is 88.3 Å². The fraction of sp³-hybridized carbons (Fsp3) is 0.636. The number of hydrogen-bond acceptors (Lipinski definition) is 2. The molecule has 0 saturated heterocycles. The van der Waals surface area contributed by atoms with Gasteiger partial charge in [0, 0.05) is 12.1 Å². The van der Waals surface area contributed by atoms with Crippen molar-refractivity contribution in [1.29, 1.82) is 0 Å². The van der Waals surface area contributed by atoms with Gasteiger partial charge in [0.15, 0.2) is 0 Å². The highest BCUT2D eigenvalue weighted by Gasteiger charge is 2.19. The van der Waals surface area contributed by atoms with Crippen LogP contribution in [-0.2, 0) is 0 Å². The topological polar surface area (TPSA) is 32.3 Å². The molecule has 0 aliphatic carbocycles. The molecule has 1 aromatic rings. The van der Waals surface area contributed by atoms with Gasteiger partial charge in [0.05, 0.1) is 6.10 Å². The van der Waals surface area contributed by atoms with Crippen molar-refractivity contribution in [2.75, 3.05) is 0 Å². The summed E-state index contributed by atoms with van der Waals surface area (Å²) in [5.74, 6) is 0. The van der Waals surface area contributed by atoms with Crippen LogP contribution in [0.25, 0.3) is 0 Å². The van der Waals surface area contributed by atoms with Crippen LogP contribution in [0.3, 0.4) is 0 Å². The van der Waals surface area contributed by atoms with Gasteiger partial charge in [0.2, 0.25) is 0 Å². The molecule has 0 aromatic heterocycles. The summed E-state index contributed by atoms with van der Waals surface area (Å²) in [6.45, 7) is 8.21. The lowest BCUT2D eigenvalue weighted by molar-refractivity contribution is 0.128. The summed E-state index contributed by atoms with van der Waals surface area (Å²) in [7, 11) is 0. The highest BCUT2D eigenvalue weighted by Crippen LogP contribution is 2.18. The van der Waals surface area contributed by atoms with Crippen molar-refractivity contribution >= 4 is 0 Å². The summed E-state index contributed by atoms with van der Waals surface area (Å²) in [5, 5.41) is 14.1. The van der Waals surface area contributed by atoms with Crippen molar-refractivity contribution in [2.45, 2.75) is 89.8 Å². The zero-order valence-corrected chi connectivity index (χ0v) is 15.7. The summed E-state index contributed by atoms with van der Waals surface area (Å²) in [5.41, 5.74) is 0.978. The first-order valence-electron chi connectivity index (χ1n) is 9.79. The molecule has 0 amide bonds. The van der Waals surface area contributed by atoms with E-state index in [0.29, 0.717) is 6.04 Å². The Morgan fingerprint density at radius 3 is 2.29 bits per heavy atom. The Bertz CT molecular complexity index is 417. The van der Waals surface area contributed by atoms with Crippen LogP contribution in [-0.4, -0.2) is 17.2 Å². The fourth-order valence-corrected chi connectivity index (χ4v) is 3.22. The van der Waals surface area contributed by atoms with Gasteiger partial charge in [-0.25, -0.2) is 0 Å². The first-order valence-corrected chi connectivity index (χ1v) is 9.79. The van der Waals surface area contributed by atoms with Crippen molar-refractivity contribution in [2.24, 2.45) is 0 Å². The molecule has 0 heterocycles. The smallest absolute Gasteiger partial charge is 0.0940 e. The van der Waals surface area contributed by atoms with Gasteiger partial charge in [0.1, 0.15) is 0 Å². The monoisotopic (exact) mass is 331 g/mol. The molecule has 1 rings (SSSR count). The molecule has 0 radical (unpaired) electrons. The second-order valence-corrected chi connectivity index (χ2v) is 6.94. The molecule has 0 spiro atoms. The van der Waals surface area contributed by atoms with Crippen molar-refractivity contribution < 1.29 is 5.11 Å². The molecule has 24 heavy (non-hydrogen) atoms. The van der Waals surface area contributed by atoms with E-state index >= 15 is 0 Å². The van der Waals surface area contributed by atoms with Gasteiger partial charge >= 0.3 is 0 Å². The van der Waals surface area contributed by atoms with Crippen LogP contribution in [0.4, 0.5) is 0 Å². The third kappa shape index (κ3) is 8.65. The Kier molecular flexibility index (Phi) is 11.5. The van der Waals surface area contributed by atoms with Crippen molar-refractivity contribution in [3.05, 3.63) is 48.6 Å². The highest BCUT2D eigenvalue weighted by atomic mass is 16.3. The second-order valence-electron chi connectivity index (χ2n) is 6.94. The molecule has 0 unspecified atom stereocenters. The SMILES string of the molecule is C=CC[C@@H](CCCCCCCCC)N[C@@H](C)[C@H](O)c1ccccc1. The predicted octanol–water partition coefficient (Wildman–Crippen LogP) is 5.78. The summed E-state index contributed by atoms with van der Waals surface area (Å²) >= 11 is 0. The van der Waals surface area contributed by atoms with Gasteiger partial charge in [-0.15, -0.1) is 6.58 Å². The average Bonchev–Trinajstić information content (AvgIpc) is 2.61. The maximum Gasteiger partial charge on any atom is 0.0940 e. The molecule has 2 nitrogen and oxygen atoms in total. The van der Waals surface area contributed by atoms with E-state index in [0.717, 1.165) is 18.4 Å². The first-order chi connectivity index (χ1) is 11.7. The van der Waals surface area contributed by atoms with Gasteiger partial charge in [-0.3, -0.25) is 0 Å². The molecule has 0 saturated carbocycles. The highest BCUT2D eigenvalue weighted by molar-refractivity contribution is 5.18. The lowest BCUT2D eigenvalue weighted by atomic mass is 9.99. The minimum Gasteiger partial charge on any atom is -0.387 e. The van der Waals surface area contributed by atoms with Gasteiger partial charge in [-0.05, 0) is 25.3 Å². The third-order valence-electron chi connectivity index (χ3n) is 4.72. The summed E-state index contributed by atoms with van der Waals surface area (Å²) < 4.78 is 0. The van der Waals surface area contributed by atoms with E-state index in [2.05, 4.69) is 25.7 Å². The maximum atomic E-state index is 10.5. The van der Waals surface area contributed by atoms with Crippen LogP contribution in [0.2, 0.25) is 0 Å². The standard InChI is InChI=1S/C22H37NO/c1-4-6-7-8-9-10-14-18-21(15-5-2)23-19(3)22(24)20-16-12-11-13-17-20/h5,11-13,16-17,19,21-24H,2,4,6-10,14-15,18H2,1,3H3/t19-,21-,22-/m0/s1. The molecular formula is C22H37NO. The van der Waals surface area contributed by atoms with Crippen LogP contribution in [0.5, 0.6) is 0 Å². The van der Waals surface area contributed by atoms with Gasteiger partial charge in [-0.2, -0.15) is 0 Å². The number of rotatable bonds is 14. The molecule has 1 aromatic carbocycles. The summed E-state index contributed by atoms with van der Waals surface area (Å²) in [6.07, 6.45) is 13.0. The van der Waals surface area contributed by atoms with E-state index in [1.807, 2.05) is 36.4 Å². The fourth-order valence-electron chi connectivity index (χ4n) is 3.22. The minimum absolute atomic E-state index is 0.0434. The lowest BCUT2D eigenvalue weighted by Gasteiger charge is -2.26. The van der Waals surface area contributed by atoms with E-state index in [-0.39, 0.29) is 6.04 Å². The first kappa shape index (κ1) is 20.9. The number of aliphatic hydroxyl groups excluding tert-OH is 1. The molecule has 3 atom stereocenters. The number of aliphatic hydroxyl groups is 1. The van der Waals surface area contributed by atoms with E-state index in [1.54, 1.807) is 0 Å². The van der Waals surface area contributed by atoms with E-state index in [1.165, 1.54) is 44.9 Å². The minimum atomic E-state index is -0.465. The maximum absolute atomic E-state index is 10.5. The Morgan fingerprint density at radius 1 is 1.04 bits per heavy atom. The Labute approximate surface area is 149 Å². The number of unbranched alkanes of at least 4 members (excludes halogenated alkanes) is 6. The Morgan fingerprint density at radius 2 is 1.67 bits per heavy atom. The molecular weight excluding hydrogens is 294 g/mol. The van der Waals surface area contributed by atoms with Crippen LogP contribution >= 0.6 is 0 Å². The molecule has 0 bridgehead atoms. The van der Waals surface area contributed by atoms with Crippen molar-refractivity contribution in [3.8, 4) is 0 Å². The van der Waals surface area contributed by atoms with Gasteiger partial charge < -0.3 is 10.4 Å². The summed E-state index contributed by atoms with van der Waals surface area (Å²) in [6, 6.07) is 10.4. The molecule has 0 aliphatic rings. The molecule has 0 fully saturated rings. The third-order valence-corrected chi connectivity index (χ3v) is 4.72. The zero-order valence-electron chi connectivity index (χ0n) is 15.7. The van der Waals surface area contributed by atoms with Crippen LogP contribution in [0.1, 0.15) is 83.3 Å².